The van der Waals surface area contributed by atoms with Crippen LogP contribution >= 0.6 is 28.3 Å². The van der Waals surface area contributed by atoms with Crippen LogP contribution in [0.25, 0.3) is 0 Å². The Morgan fingerprint density at radius 1 is 1.50 bits per heavy atom. The molecular weight excluding hydrogens is 399 g/mol. The molecule has 1 aromatic heterocycles. The lowest BCUT2D eigenvalue weighted by atomic mass is 9.90. The summed E-state index contributed by atoms with van der Waals surface area (Å²) >= 11 is 3.12. The van der Waals surface area contributed by atoms with Crippen LogP contribution in [0.15, 0.2) is 35.1 Å². The lowest BCUT2D eigenvalue weighted by molar-refractivity contribution is -0.125. The lowest BCUT2D eigenvalue weighted by Crippen LogP contribution is -2.34. The first-order chi connectivity index (χ1) is 11.0. The van der Waals surface area contributed by atoms with Crippen LogP contribution in [-0.2, 0) is 18.4 Å². The molecule has 1 aliphatic heterocycles. The number of carbonyl (C=O) groups excluding carboxylic acids is 1. The third kappa shape index (κ3) is 4.15. The molecule has 2 aromatic rings. The molecule has 1 aliphatic rings. The van der Waals surface area contributed by atoms with E-state index in [1.165, 1.54) is 6.07 Å². The molecule has 1 fully saturated rings. The Morgan fingerprint density at radius 2 is 2.29 bits per heavy atom. The van der Waals surface area contributed by atoms with E-state index in [0.717, 1.165) is 17.7 Å². The standard InChI is InChI=1S/C16H18BrFN4O.ClH/c1-22-9-11(6-21-22)12-7-19-8-13(12)16(23)20-5-10-2-3-14(17)15(18)4-10;/h2-4,6,9,12-13,19H,5,7-8H2,1H3,(H,20,23);1H/t12-,13+;/m1./s1. The monoisotopic (exact) mass is 416 g/mol. The fourth-order valence-electron chi connectivity index (χ4n) is 2.91. The molecule has 24 heavy (non-hydrogen) atoms. The maximum atomic E-state index is 13.5. The predicted molar refractivity (Wildman–Crippen MR) is 95.5 cm³/mol. The van der Waals surface area contributed by atoms with Crippen molar-refractivity contribution in [3.63, 3.8) is 0 Å². The number of rotatable bonds is 4. The van der Waals surface area contributed by atoms with Gasteiger partial charge in [0.15, 0.2) is 0 Å². The molecule has 2 N–H and O–H groups in total. The normalized spacial score (nSPS) is 19.8. The molecule has 1 amide bonds. The predicted octanol–water partition coefficient (Wildman–Crippen LogP) is 2.36. The van der Waals surface area contributed by atoms with Gasteiger partial charge >= 0.3 is 0 Å². The zero-order valence-electron chi connectivity index (χ0n) is 13.1. The van der Waals surface area contributed by atoms with Crippen LogP contribution < -0.4 is 10.6 Å². The third-order valence-corrected chi connectivity index (χ3v) is 4.80. The summed E-state index contributed by atoms with van der Waals surface area (Å²) in [5.41, 5.74) is 1.80. The number of hydrogen-bond acceptors (Lipinski definition) is 3. The first kappa shape index (κ1) is 18.9. The molecule has 0 bridgehead atoms. The van der Waals surface area contributed by atoms with Crippen molar-refractivity contribution in [1.82, 2.24) is 20.4 Å². The second kappa shape index (κ2) is 8.09. The topological polar surface area (TPSA) is 59.0 Å². The van der Waals surface area contributed by atoms with Crippen molar-refractivity contribution in [3.05, 3.63) is 52.0 Å². The third-order valence-electron chi connectivity index (χ3n) is 4.15. The van der Waals surface area contributed by atoms with Crippen LogP contribution in [0, 0.1) is 11.7 Å². The van der Waals surface area contributed by atoms with Crippen molar-refractivity contribution in [3.8, 4) is 0 Å². The van der Waals surface area contributed by atoms with E-state index in [9.17, 15) is 9.18 Å². The number of aryl methyl sites for hydroxylation is 1. The van der Waals surface area contributed by atoms with Gasteiger partial charge < -0.3 is 10.6 Å². The zero-order valence-corrected chi connectivity index (χ0v) is 15.5. The maximum absolute atomic E-state index is 13.5. The van der Waals surface area contributed by atoms with E-state index in [-0.39, 0.29) is 36.0 Å². The van der Waals surface area contributed by atoms with E-state index in [2.05, 4.69) is 31.7 Å². The van der Waals surface area contributed by atoms with Crippen molar-refractivity contribution in [2.75, 3.05) is 13.1 Å². The molecule has 3 rings (SSSR count). The minimum atomic E-state index is -0.326. The zero-order chi connectivity index (χ0) is 16.4. The number of benzene rings is 1. The second-order valence-corrected chi connectivity index (χ2v) is 6.64. The number of hydrogen-bond donors (Lipinski definition) is 2. The van der Waals surface area contributed by atoms with Crippen molar-refractivity contribution in [2.45, 2.75) is 12.5 Å². The fourth-order valence-corrected chi connectivity index (χ4v) is 3.15. The van der Waals surface area contributed by atoms with Crippen molar-refractivity contribution in [2.24, 2.45) is 13.0 Å². The largest absolute Gasteiger partial charge is 0.352 e. The molecule has 0 spiro atoms. The first-order valence-corrected chi connectivity index (χ1v) is 8.25. The van der Waals surface area contributed by atoms with Crippen LogP contribution in [0.4, 0.5) is 4.39 Å². The summed E-state index contributed by atoms with van der Waals surface area (Å²) in [7, 11) is 1.86. The van der Waals surface area contributed by atoms with Gasteiger partial charge in [0.1, 0.15) is 5.82 Å². The van der Waals surface area contributed by atoms with Gasteiger partial charge in [0, 0.05) is 38.8 Å². The highest BCUT2D eigenvalue weighted by atomic mass is 79.9. The van der Waals surface area contributed by atoms with Crippen LogP contribution in [0.5, 0.6) is 0 Å². The summed E-state index contributed by atoms with van der Waals surface area (Å²) in [5.74, 6) is -0.371. The number of carbonyl (C=O) groups is 1. The highest BCUT2D eigenvalue weighted by Gasteiger charge is 2.34. The van der Waals surface area contributed by atoms with Gasteiger partial charge in [-0.25, -0.2) is 4.39 Å². The summed E-state index contributed by atoms with van der Waals surface area (Å²) in [4.78, 5) is 12.5. The average molecular weight is 418 g/mol. The molecule has 130 valence electrons. The fraction of sp³-hybridized carbons (Fsp3) is 0.375. The Labute approximate surface area is 154 Å². The van der Waals surface area contributed by atoms with E-state index >= 15 is 0 Å². The van der Waals surface area contributed by atoms with E-state index < -0.39 is 0 Å². The molecule has 5 nitrogen and oxygen atoms in total. The molecule has 1 saturated heterocycles. The second-order valence-electron chi connectivity index (χ2n) is 5.78. The van der Waals surface area contributed by atoms with E-state index in [4.69, 9.17) is 0 Å². The van der Waals surface area contributed by atoms with E-state index in [0.29, 0.717) is 17.6 Å². The van der Waals surface area contributed by atoms with Crippen molar-refractivity contribution in [1.29, 1.82) is 0 Å². The Hall–Kier alpha value is -1.44. The van der Waals surface area contributed by atoms with Crippen LogP contribution in [0.1, 0.15) is 17.0 Å². The summed E-state index contributed by atoms with van der Waals surface area (Å²) in [5, 5.41) is 10.3. The molecule has 8 heteroatoms. The maximum Gasteiger partial charge on any atom is 0.225 e. The quantitative estimate of drug-likeness (QED) is 0.803. The van der Waals surface area contributed by atoms with Crippen LogP contribution in [0.3, 0.4) is 0 Å². The number of amides is 1. The molecular formula is C16H19BrClFN4O. The molecule has 1 aromatic carbocycles. The molecule has 2 heterocycles. The van der Waals surface area contributed by atoms with Crippen LogP contribution in [-0.4, -0.2) is 28.8 Å². The highest BCUT2D eigenvalue weighted by molar-refractivity contribution is 9.10. The number of aromatic nitrogens is 2. The minimum Gasteiger partial charge on any atom is -0.352 e. The van der Waals surface area contributed by atoms with E-state index in [1.54, 1.807) is 16.8 Å². The van der Waals surface area contributed by atoms with Gasteiger partial charge in [-0.3, -0.25) is 9.48 Å². The Bertz CT molecular complexity index is 724. The molecule has 0 radical (unpaired) electrons. The van der Waals surface area contributed by atoms with Crippen molar-refractivity contribution >= 4 is 34.2 Å². The Balaban J connectivity index is 0.00000208. The van der Waals surface area contributed by atoms with Gasteiger partial charge in [0.2, 0.25) is 5.91 Å². The van der Waals surface area contributed by atoms with Gasteiger partial charge in [0.05, 0.1) is 16.6 Å². The van der Waals surface area contributed by atoms with Crippen LogP contribution in [0.2, 0.25) is 0 Å². The van der Waals surface area contributed by atoms with Gasteiger partial charge in [-0.15, -0.1) is 12.4 Å². The Kier molecular flexibility index (Phi) is 6.37. The minimum absolute atomic E-state index is 0. The van der Waals surface area contributed by atoms with Gasteiger partial charge in [-0.1, -0.05) is 6.07 Å². The summed E-state index contributed by atoms with van der Waals surface area (Å²) in [6.45, 7) is 1.72. The average Bonchev–Trinajstić information content (AvgIpc) is 3.16. The molecule has 2 atom stereocenters. The summed E-state index contributed by atoms with van der Waals surface area (Å²) in [6, 6.07) is 4.86. The van der Waals surface area contributed by atoms with Gasteiger partial charge in [-0.2, -0.15) is 5.10 Å². The molecule has 0 unspecified atom stereocenters. The molecule has 0 aliphatic carbocycles. The SMILES string of the molecule is Cl.Cn1cc([C@H]2CNC[C@@H]2C(=O)NCc2ccc(Br)c(F)c2)cn1. The number of halogens is 3. The number of nitrogens with one attached hydrogen (secondary N) is 2. The van der Waals surface area contributed by atoms with Gasteiger partial charge in [-0.05, 0) is 39.2 Å². The summed E-state index contributed by atoms with van der Waals surface area (Å²) < 4.78 is 15.7. The Morgan fingerprint density at radius 3 is 2.96 bits per heavy atom. The first-order valence-electron chi connectivity index (χ1n) is 7.45. The van der Waals surface area contributed by atoms with E-state index in [1.807, 2.05) is 19.4 Å². The molecule has 0 saturated carbocycles. The lowest BCUT2D eigenvalue weighted by Gasteiger charge is -2.17. The smallest absolute Gasteiger partial charge is 0.225 e. The highest BCUT2D eigenvalue weighted by Crippen LogP contribution is 2.28. The summed E-state index contributed by atoms with van der Waals surface area (Å²) in [6.07, 6.45) is 3.75. The number of nitrogens with zero attached hydrogens (tertiary/aromatic N) is 2. The van der Waals surface area contributed by atoms with Crippen molar-refractivity contribution < 1.29 is 9.18 Å². The van der Waals surface area contributed by atoms with Gasteiger partial charge in [0.25, 0.3) is 0 Å².